The molecule has 1 aromatic rings. The first kappa shape index (κ1) is 28.4. The molecule has 0 saturated carbocycles. The number of carbonyl (C=O) groups is 4. The smallest absolute Gasteiger partial charge is 0.255 e. The number of fused-ring (bicyclic) bond motifs is 1. The van der Waals surface area contributed by atoms with Gasteiger partial charge in [-0.2, -0.15) is 0 Å². The second-order valence-corrected chi connectivity index (χ2v) is 9.40. The molecule has 11 nitrogen and oxygen atoms in total. The van der Waals surface area contributed by atoms with Crippen molar-refractivity contribution in [3.63, 3.8) is 0 Å². The lowest BCUT2D eigenvalue weighted by Gasteiger charge is -2.23. The topological polar surface area (TPSA) is 149 Å². The number of rotatable bonds is 5. The van der Waals surface area contributed by atoms with Crippen molar-refractivity contribution in [3.05, 3.63) is 29.8 Å². The third-order valence-corrected chi connectivity index (χ3v) is 6.55. The number of aliphatic hydroxyl groups is 1. The maximum atomic E-state index is 13.1. The zero-order valence-electron chi connectivity index (χ0n) is 21.3. The Bertz CT molecular complexity index is 918. The van der Waals surface area contributed by atoms with Gasteiger partial charge in [0.15, 0.2) is 0 Å². The zero-order chi connectivity index (χ0) is 26.5. The minimum atomic E-state index is -1.10. The standard InChI is InChI=1S/C26H39N5O6/c32-18-21-26(36)27-12-7-17-37-22-9-4-3-8-19(22)24(34)30-20(10-11-23(33)29-21)25(35)28-13-16-31-14-5-1-2-6-15-31/h3-4,8-9,20-21,32H,1-2,5-7,10-18H2,(H,27,36)(H,28,35)(H,29,33)(H,30,34)/t20-,21-/m0/s1. The molecule has 1 fully saturated rings. The Morgan fingerprint density at radius 2 is 1.81 bits per heavy atom. The molecule has 2 aliphatic rings. The molecule has 0 unspecified atom stereocenters. The van der Waals surface area contributed by atoms with Gasteiger partial charge < -0.3 is 36.0 Å². The molecule has 1 saturated heterocycles. The molecule has 0 radical (unpaired) electrons. The number of nitrogens with zero attached hydrogens (tertiary/aromatic N) is 1. The van der Waals surface area contributed by atoms with Crippen LogP contribution in [0.1, 0.15) is 55.3 Å². The fraction of sp³-hybridized carbons (Fsp3) is 0.615. The number of hydrogen-bond acceptors (Lipinski definition) is 7. The van der Waals surface area contributed by atoms with E-state index in [1.54, 1.807) is 24.3 Å². The lowest BCUT2D eigenvalue weighted by Crippen LogP contribution is -2.51. The fourth-order valence-electron chi connectivity index (χ4n) is 4.43. The van der Waals surface area contributed by atoms with Crippen LogP contribution in [-0.4, -0.2) is 91.7 Å². The lowest BCUT2D eigenvalue weighted by molar-refractivity contribution is -0.130. The van der Waals surface area contributed by atoms with E-state index in [9.17, 15) is 24.3 Å². The van der Waals surface area contributed by atoms with E-state index in [0.29, 0.717) is 18.7 Å². The van der Waals surface area contributed by atoms with Gasteiger partial charge in [-0.3, -0.25) is 19.2 Å². The van der Waals surface area contributed by atoms with Crippen LogP contribution in [-0.2, 0) is 14.4 Å². The molecule has 37 heavy (non-hydrogen) atoms. The zero-order valence-corrected chi connectivity index (χ0v) is 21.3. The van der Waals surface area contributed by atoms with Crippen LogP contribution in [0.4, 0.5) is 0 Å². The van der Waals surface area contributed by atoms with Crippen LogP contribution >= 0.6 is 0 Å². The molecule has 3 rings (SSSR count). The monoisotopic (exact) mass is 517 g/mol. The van der Waals surface area contributed by atoms with E-state index in [2.05, 4.69) is 26.2 Å². The minimum Gasteiger partial charge on any atom is -0.493 e. The molecule has 2 atom stereocenters. The molecule has 2 heterocycles. The summed E-state index contributed by atoms with van der Waals surface area (Å²) in [4.78, 5) is 53.4. The van der Waals surface area contributed by atoms with Crippen molar-refractivity contribution in [1.29, 1.82) is 0 Å². The summed E-state index contributed by atoms with van der Waals surface area (Å²) in [6.45, 7) is 3.12. The van der Waals surface area contributed by atoms with Crippen molar-refractivity contribution >= 4 is 23.6 Å². The number of benzene rings is 1. The van der Waals surface area contributed by atoms with Gasteiger partial charge in [-0.15, -0.1) is 0 Å². The van der Waals surface area contributed by atoms with Gasteiger partial charge in [0.25, 0.3) is 5.91 Å². The number of carbonyl (C=O) groups excluding carboxylic acids is 4. The Labute approximate surface area is 217 Å². The summed E-state index contributed by atoms with van der Waals surface area (Å²) < 4.78 is 5.76. The van der Waals surface area contributed by atoms with Gasteiger partial charge in [-0.25, -0.2) is 0 Å². The Morgan fingerprint density at radius 1 is 1.05 bits per heavy atom. The number of aliphatic hydroxyl groups excluding tert-OH is 1. The van der Waals surface area contributed by atoms with E-state index in [0.717, 1.165) is 32.5 Å². The first-order valence-electron chi connectivity index (χ1n) is 13.2. The van der Waals surface area contributed by atoms with E-state index < -0.39 is 36.4 Å². The van der Waals surface area contributed by atoms with Gasteiger partial charge in [0.2, 0.25) is 17.7 Å². The van der Waals surface area contributed by atoms with Gasteiger partial charge in [0, 0.05) is 26.1 Å². The molecule has 2 aliphatic heterocycles. The van der Waals surface area contributed by atoms with E-state index in [1.807, 2.05) is 0 Å². The average molecular weight is 518 g/mol. The van der Waals surface area contributed by atoms with E-state index >= 15 is 0 Å². The second-order valence-electron chi connectivity index (χ2n) is 9.40. The van der Waals surface area contributed by atoms with Crippen LogP contribution in [0.25, 0.3) is 0 Å². The molecule has 4 amide bonds. The molecule has 0 bridgehead atoms. The van der Waals surface area contributed by atoms with Gasteiger partial charge in [-0.1, -0.05) is 25.0 Å². The average Bonchev–Trinajstić information content (AvgIpc) is 3.17. The summed E-state index contributed by atoms with van der Waals surface area (Å²) in [6.07, 6.45) is 5.11. The van der Waals surface area contributed by atoms with Crippen molar-refractivity contribution in [1.82, 2.24) is 26.2 Å². The summed E-state index contributed by atoms with van der Waals surface area (Å²) in [5.74, 6) is -1.49. The Kier molecular flexibility index (Phi) is 11.6. The van der Waals surface area contributed by atoms with Crippen molar-refractivity contribution in [2.24, 2.45) is 0 Å². The normalized spacial score (nSPS) is 22.9. The van der Waals surface area contributed by atoms with Gasteiger partial charge >= 0.3 is 0 Å². The molecule has 0 aromatic heterocycles. The predicted molar refractivity (Wildman–Crippen MR) is 137 cm³/mol. The van der Waals surface area contributed by atoms with Crippen molar-refractivity contribution < 1.29 is 29.0 Å². The highest BCUT2D eigenvalue weighted by Crippen LogP contribution is 2.18. The van der Waals surface area contributed by atoms with Crippen molar-refractivity contribution in [2.45, 2.75) is 57.0 Å². The Morgan fingerprint density at radius 3 is 2.57 bits per heavy atom. The third kappa shape index (κ3) is 9.32. The molecular formula is C26H39N5O6. The molecular weight excluding hydrogens is 478 g/mol. The molecule has 0 aliphatic carbocycles. The number of para-hydroxylation sites is 1. The van der Waals surface area contributed by atoms with Gasteiger partial charge in [0.05, 0.1) is 18.8 Å². The molecule has 5 N–H and O–H groups in total. The molecule has 0 spiro atoms. The Hall–Kier alpha value is -3.18. The minimum absolute atomic E-state index is 0.0237. The largest absolute Gasteiger partial charge is 0.493 e. The quantitative estimate of drug-likeness (QED) is 0.367. The van der Waals surface area contributed by atoms with Crippen LogP contribution < -0.4 is 26.0 Å². The van der Waals surface area contributed by atoms with Crippen LogP contribution in [0.15, 0.2) is 24.3 Å². The first-order chi connectivity index (χ1) is 18.0. The maximum absolute atomic E-state index is 13.1. The number of hydrogen-bond donors (Lipinski definition) is 5. The number of nitrogens with one attached hydrogen (secondary N) is 4. The van der Waals surface area contributed by atoms with E-state index in [4.69, 9.17) is 4.74 Å². The maximum Gasteiger partial charge on any atom is 0.255 e. The summed E-state index contributed by atoms with van der Waals surface area (Å²) in [6, 6.07) is 4.67. The van der Waals surface area contributed by atoms with E-state index in [1.165, 1.54) is 12.8 Å². The van der Waals surface area contributed by atoms with Crippen molar-refractivity contribution in [2.75, 3.05) is 45.9 Å². The van der Waals surface area contributed by atoms with Gasteiger partial charge in [-0.05, 0) is 50.9 Å². The summed E-state index contributed by atoms with van der Waals surface area (Å²) in [7, 11) is 0. The lowest BCUT2D eigenvalue weighted by atomic mass is 10.1. The number of amides is 4. The van der Waals surface area contributed by atoms with Crippen LogP contribution in [0.2, 0.25) is 0 Å². The molecule has 1 aromatic carbocycles. The summed E-state index contributed by atoms with van der Waals surface area (Å²) in [5.41, 5.74) is 0.283. The predicted octanol–water partition coefficient (Wildman–Crippen LogP) is -0.0668. The number of ether oxygens (including phenoxy) is 1. The highest BCUT2D eigenvalue weighted by atomic mass is 16.5. The molecule has 11 heteroatoms. The number of likely N-dealkylation sites (tertiary alicyclic amines) is 1. The third-order valence-electron chi connectivity index (χ3n) is 6.55. The van der Waals surface area contributed by atoms with E-state index in [-0.39, 0.29) is 37.5 Å². The summed E-state index contributed by atoms with van der Waals surface area (Å²) >= 11 is 0. The highest BCUT2D eigenvalue weighted by molar-refractivity contribution is 5.99. The van der Waals surface area contributed by atoms with Gasteiger partial charge in [0.1, 0.15) is 17.8 Å². The van der Waals surface area contributed by atoms with Crippen LogP contribution in [0.3, 0.4) is 0 Å². The van der Waals surface area contributed by atoms with Crippen LogP contribution in [0, 0.1) is 0 Å². The first-order valence-corrected chi connectivity index (χ1v) is 13.2. The SMILES string of the molecule is O=C1CC[C@@H](C(=O)NCCN2CCCCCC2)NC(=O)c2ccccc2OCCCNC(=O)[C@H](CO)N1. The molecule has 204 valence electrons. The van der Waals surface area contributed by atoms with Crippen molar-refractivity contribution in [3.8, 4) is 5.75 Å². The highest BCUT2D eigenvalue weighted by Gasteiger charge is 2.26. The Balaban J connectivity index is 1.70. The second kappa shape index (κ2) is 15.2. The fourth-order valence-corrected chi connectivity index (χ4v) is 4.43. The summed E-state index contributed by atoms with van der Waals surface area (Å²) in [5, 5.41) is 20.4. The van der Waals surface area contributed by atoms with Crippen LogP contribution in [0.5, 0.6) is 5.75 Å².